The van der Waals surface area contributed by atoms with Crippen LogP contribution in [0.1, 0.15) is 66.2 Å². The second-order valence-corrected chi connectivity index (χ2v) is 21.4. The summed E-state index contributed by atoms with van der Waals surface area (Å²) in [6, 6.07) is 0. The molecule has 1 heterocycles. The third-order valence-electron chi connectivity index (χ3n) is 7.30. The second kappa shape index (κ2) is 11.3. The van der Waals surface area contributed by atoms with Gasteiger partial charge in [-0.2, -0.15) is 0 Å². The molecule has 1 aliphatic carbocycles. The van der Waals surface area contributed by atoms with Crippen LogP contribution in [0, 0.1) is 11.8 Å². The lowest BCUT2D eigenvalue weighted by atomic mass is 9.90. The van der Waals surface area contributed by atoms with E-state index in [1.165, 1.54) is 24.8 Å². The first kappa shape index (κ1) is 27.8. The first-order valence-electron chi connectivity index (χ1n) is 12.7. The Morgan fingerprint density at radius 1 is 1.12 bits per heavy atom. The van der Waals surface area contributed by atoms with E-state index >= 15 is 0 Å². The summed E-state index contributed by atoms with van der Waals surface area (Å²) in [7, 11) is -1.70. The van der Waals surface area contributed by atoms with Crippen molar-refractivity contribution in [3.05, 3.63) is 24.0 Å². The maximum Gasteiger partial charge on any atom is 0.241 e. The Kier molecular flexibility index (Phi) is 9.87. The zero-order valence-electron chi connectivity index (χ0n) is 22.5. The fourth-order valence-corrected chi connectivity index (χ4v) is 6.14. The molecule has 0 spiro atoms. The van der Waals surface area contributed by atoms with Gasteiger partial charge in [0.05, 0.1) is 18.5 Å². The SMILES string of the molecule is CCCCC[C@@H](/C=C/[C@H]1/C(=C\O[Si](C)(C)C)C[C@@H]2OC(OC)C[C@@H]21)O[Si](C)(C)C(C)(C)C. The summed E-state index contributed by atoms with van der Waals surface area (Å²) in [5, 5.41) is 0.212. The highest BCUT2D eigenvalue weighted by Gasteiger charge is 2.46. The summed E-state index contributed by atoms with van der Waals surface area (Å²) in [4.78, 5) is 0. The molecule has 0 bridgehead atoms. The van der Waals surface area contributed by atoms with Gasteiger partial charge in [0.25, 0.3) is 0 Å². The van der Waals surface area contributed by atoms with E-state index in [2.05, 4.69) is 78.8 Å². The first-order chi connectivity index (χ1) is 14.8. The van der Waals surface area contributed by atoms with Crippen LogP contribution in [0.2, 0.25) is 37.8 Å². The molecule has 0 aromatic carbocycles. The van der Waals surface area contributed by atoms with Crippen LogP contribution < -0.4 is 0 Å². The Morgan fingerprint density at radius 3 is 2.38 bits per heavy atom. The third kappa shape index (κ3) is 7.83. The molecule has 5 atom stereocenters. The summed E-state index contributed by atoms with van der Waals surface area (Å²) in [5.41, 5.74) is 1.37. The molecule has 6 heteroatoms. The smallest absolute Gasteiger partial charge is 0.241 e. The maximum atomic E-state index is 6.86. The van der Waals surface area contributed by atoms with E-state index in [9.17, 15) is 0 Å². The largest absolute Gasteiger partial charge is 0.550 e. The highest BCUT2D eigenvalue weighted by Crippen LogP contribution is 2.47. The van der Waals surface area contributed by atoms with Gasteiger partial charge in [0.15, 0.2) is 14.6 Å². The Balaban J connectivity index is 2.23. The van der Waals surface area contributed by atoms with Crippen molar-refractivity contribution in [3.8, 4) is 0 Å². The van der Waals surface area contributed by atoms with Crippen LogP contribution in [0.15, 0.2) is 24.0 Å². The minimum atomic E-state index is -1.83. The summed E-state index contributed by atoms with van der Waals surface area (Å²) >= 11 is 0. The molecule has 1 saturated heterocycles. The standard InChI is InChI=1S/C26H50O4Si2/c1-11-12-13-14-21(30-32(9,10)26(2,3)4)15-16-22-20(19-28-31(6,7)8)17-24-23(22)18-25(27-5)29-24/h15-16,19,21-25H,11-14,17-18H2,1-10H3/b16-15+,20-19-/t21-,22-,23+,24-,25?/m0/s1. The minimum absolute atomic E-state index is 0.0795. The van der Waals surface area contributed by atoms with Gasteiger partial charge >= 0.3 is 0 Å². The highest BCUT2D eigenvalue weighted by atomic mass is 28.4. The summed E-state index contributed by atoms with van der Waals surface area (Å²) in [6.45, 7) is 20.7. The van der Waals surface area contributed by atoms with Gasteiger partial charge in [0, 0.05) is 25.4 Å². The number of hydrogen-bond acceptors (Lipinski definition) is 4. The van der Waals surface area contributed by atoms with Crippen LogP contribution in [0.3, 0.4) is 0 Å². The normalized spacial score (nSPS) is 29.1. The van der Waals surface area contributed by atoms with Crippen molar-refractivity contribution in [1.29, 1.82) is 0 Å². The quantitative estimate of drug-likeness (QED) is 0.131. The van der Waals surface area contributed by atoms with Crippen LogP contribution >= 0.6 is 0 Å². The van der Waals surface area contributed by atoms with Crippen molar-refractivity contribution in [2.24, 2.45) is 11.8 Å². The van der Waals surface area contributed by atoms with Crippen LogP contribution in [-0.2, 0) is 18.3 Å². The molecule has 186 valence electrons. The summed E-state index contributed by atoms with van der Waals surface area (Å²) in [6.07, 6.45) is 13.9. The molecule has 0 amide bonds. The van der Waals surface area contributed by atoms with Gasteiger partial charge < -0.3 is 18.3 Å². The average molecular weight is 483 g/mol. The topological polar surface area (TPSA) is 36.9 Å². The lowest BCUT2D eigenvalue weighted by Crippen LogP contribution is -2.43. The number of ether oxygens (including phenoxy) is 2. The van der Waals surface area contributed by atoms with Crippen molar-refractivity contribution >= 4 is 16.6 Å². The van der Waals surface area contributed by atoms with Gasteiger partial charge in [-0.05, 0) is 56.2 Å². The van der Waals surface area contributed by atoms with Crippen molar-refractivity contribution in [2.75, 3.05) is 7.11 Å². The van der Waals surface area contributed by atoms with Gasteiger partial charge in [-0.15, -0.1) is 0 Å². The molecule has 0 aromatic rings. The number of unbranched alkanes of at least 4 members (excludes halogenated alkanes) is 2. The molecule has 32 heavy (non-hydrogen) atoms. The monoisotopic (exact) mass is 482 g/mol. The Morgan fingerprint density at radius 2 is 1.81 bits per heavy atom. The van der Waals surface area contributed by atoms with Gasteiger partial charge in [-0.25, -0.2) is 0 Å². The molecular weight excluding hydrogens is 432 g/mol. The van der Waals surface area contributed by atoms with Crippen molar-refractivity contribution in [3.63, 3.8) is 0 Å². The zero-order chi connectivity index (χ0) is 24.2. The number of rotatable bonds is 11. The fourth-order valence-electron chi connectivity index (χ4n) is 4.33. The molecule has 2 rings (SSSR count). The molecule has 1 unspecified atom stereocenters. The lowest BCUT2D eigenvalue weighted by molar-refractivity contribution is -0.113. The summed E-state index contributed by atoms with van der Waals surface area (Å²) < 4.78 is 24.8. The van der Waals surface area contributed by atoms with Crippen LogP contribution in [-0.4, -0.2) is 42.2 Å². The van der Waals surface area contributed by atoms with Crippen molar-refractivity contribution in [1.82, 2.24) is 0 Å². The zero-order valence-corrected chi connectivity index (χ0v) is 24.5. The van der Waals surface area contributed by atoms with Crippen LogP contribution in [0.4, 0.5) is 0 Å². The van der Waals surface area contributed by atoms with E-state index in [-0.39, 0.29) is 23.5 Å². The molecule has 1 saturated carbocycles. The van der Waals surface area contributed by atoms with E-state index in [1.54, 1.807) is 7.11 Å². The molecule has 2 fully saturated rings. The van der Waals surface area contributed by atoms with Gasteiger partial charge in [-0.3, -0.25) is 0 Å². The lowest BCUT2D eigenvalue weighted by Gasteiger charge is -2.38. The van der Waals surface area contributed by atoms with E-state index in [0.29, 0.717) is 11.8 Å². The third-order valence-corrected chi connectivity index (χ3v) is 12.6. The number of fused-ring (bicyclic) bond motifs is 1. The van der Waals surface area contributed by atoms with Gasteiger partial charge in [0.1, 0.15) is 0 Å². The molecule has 2 aliphatic rings. The van der Waals surface area contributed by atoms with Crippen LogP contribution in [0.25, 0.3) is 0 Å². The predicted molar refractivity (Wildman–Crippen MR) is 140 cm³/mol. The van der Waals surface area contributed by atoms with E-state index in [0.717, 1.165) is 19.3 Å². The van der Waals surface area contributed by atoms with Gasteiger partial charge in [0.2, 0.25) is 8.32 Å². The number of hydrogen-bond donors (Lipinski definition) is 0. The number of allylic oxidation sites excluding steroid dienone is 1. The van der Waals surface area contributed by atoms with E-state index < -0.39 is 16.6 Å². The van der Waals surface area contributed by atoms with E-state index in [1.807, 2.05) is 0 Å². The summed E-state index contributed by atoms with van der Waals surface area (Å²) in [5.74, 6) is 0.796. The predicted octanol–water partition coefficient (Wildman–Crippen LogP) is 7.65. The van der Waals surface area contributed by atoms with Gasteiger partial charge in [-0.1, -0.05) is 59.1 Å². The second-order valence-electron chi connectivity index (χ2n) is 12.2. The van der Waals surface area contributed by atoms with Crippen molar-refractivity contribution in [2.45, 2.75) is 122 Å². The average Bonchev–Trinajstić information content (AvgIpc) is 3.20. The molecule has 4 nitrogen and oxygen atoms in total. The fraction of sp³-hybridized carbons (Fsp3) is 0.846. The molecule has 0 N–H and O–H groups in total. The maximum absolute atomic E-state index is 6.86. The Hall–Kier alpha value is -0.406. The first-order valence-corrected chi connectivity index (χ1v) is 19.0. The van der Waals surface area contributed by atoms with Crippen molar-refractivity contribution < 1.29 is 18.3 Å². The molecule has 0 radical (unpaired) electrons. The number of methoxy groups -OCH3 is 1. The molecular formula is C26H50O4Si2. The molecule has 1 aliphatic heterocycles. The molecule has 0 aromatic heterocycles. The minimum Gasteiger partial charge on any atom is -0.550 e. The van der Waals surface area contributed by atoms with E-state index in [4.69, 9.17) is 18.3 Å². The Labute approximate surface area is 200 Å². The Bertz CT molecular complexity index is 645. The van der Waals surface area contributed by atoms with Crippen LogP contribution in [0.5, 0.6) is 0 Å². The highest BCUT2D eigenvalue weighted by molar-refractivity contribution is 6.74.